The zero-order valence-corrected chi connectivity index (χ0v) is 10.1. The van der Waals surface area contributed by atoms with Gasteiger partial charge in [0.05, 0.1) is 17.9 Å². The maximum absolute atomic E-state index is 12.9. The van der Waals surface area contributed by atoms with Gasteiger partial charge in [0, 0.05) is 11.5 Å². The summed E-state index contributed by atoms with van der Waals surface area (Å²) >= 11 is 0. The molecule has 102 valence electrons. The lowest BCUT2D eigenvalue weighted by atomic mass is 10.1. The molecular weight excluding hydrogens is 259 g/mol. The summed E-state index contributed by atoms with van der Waals surface area (Å²) in [7, 11) is 0. The van der Waals surface area contributed by atoms with Crippen molar-refractivity contribution in [1.29, 1.82) is 0 Å². The van der Waals surface area contributed by atoms with Crippen molar-refractivity contribution in [2.45, 2.75) is 19.0 Å². The largest absolute Gasteiger partial charge is 0.444 e. The van der Waals surface area contributed by atoms with E-state index in [1.807, 2.05) is 0 Å². The first-order valence-corrected chi connectivity index (χ1v) is 5.66. The summed E-state index contributed by atoms with van der Waals surface area (Å²) in [4.78, 5) is 4.00. The lowest BCUT2D eigenvalue weighted by Gasteiger charge is -2.09. The fraction of sp³-hybridized carbons (Fsp3) is 0.308. The molecule has 0 spiro atoms. The monoisotopic (exact) mass is 271 g/mol. The Morgan fingerprint density at radius 3 is 2.63 bits per heavy atom. The van der Waals surface area contributed by atoms with Crippen LogP contribution in [0.5, 0.6) is 0 Å². The van der Waals surface area contributed by atoms with Crippen molar-refractivity contribution in [3.63, 3.8) is 0 Å². The number of rotatable bonds is 3. The number of oxazole rings is 1. The molecule has 0 bridgehead atoms. The van der Waals surface area contributed by atoms with E-state index in [-0.39, 0.29) is 24.0 Å². The number of hydrogen-bond donors (Lipinski definition) is 1. The van der Waals surface area contributed by atoms with E-state index in [0.29, 0.717) is 5.69 Å². The molecule has 0 radical (unpaired) electrons. The lowest BCUT2D eigenvalue weighted by Crippen LogP contribution is -2.07. The Hall–Kier alpha value is -1.82. The predicted octanol–water partition coefficient (Wildman–Crippen LogP) is 3.46. The SMILES string of the molecule is CC(CO)c1coc(-c2ccccc2C(F)(F)F)n1. The van der Waals surface area contributed by atoms with Crippen LogP contribution < -0.4 is 0 Å². The van der Waals surface area contributed by atoms with E-state index in [2.05, 4.69) is 4.98 Å². The van der Waals surface area contributed by atoms with Gasteiger partial charge in [-0.1, -0.05) is 19.1 Å². The molecule has 1 aromatic heterocycles. The minimum absolute atomic E-state index is 0.0942. The van der Waals surface area contributed by atoms with Gasteiger partial charge >= 0.3 is 6.18 Å². The molecule has 1 atom stereocenters. The van der Waals surface area contributed by atoms with Gasteiger partial charge in [0.25, 0.3) is 0 Å². The van der Waals surface area contributed by atoms with Gasteiger partial charge in [0.15, 0.2) is 0 Å². The van der Waals surface area contributed by atoms with Crippen molar-refractivity contribution in [1.82, 2.24) is 4.98 Å². The lowest BCUT2D eigenvalue weighted by molar-refractivity contribution is -0.137. The highest BCUT2D eigenvalue weighted by Crippen LogP contribution is 2.36. The molecule has 6 heteroatoms. The number of aliphatic hydroxyl groups is 1. The van der Waals surface area contributed by atoms with Crippen molar-refractivity contribution < 1.29 is 22.7 Å². The van der Waals surface area contributed by atoms with E-state index in [0.717, 1.165) is 6.07 Å². The summed E-state index contributed by atoms with van der Waals surface area (Å²) in [6, 6.07) is 5.09. The molecule has 0 saturated heterocycles. The maximum Gasteiger partial charge on any atom is 0.417 e. The fourth-order valence-electron chi connectivity index (χ4n) is 1.65. The molecule has 1 N–H and O–H groups in total. The molecule has 2 aromatic rings. The third-order valence-corrected chi connectivity index (χ3v) is 2.76. The highest BCUT2D eigenvalue weighted by molar-refractivity contribution is 5.59. The van der Waals surface area contributed by atoms with Crippen LogP contribution in [-0.4, -0.2) is 16.7 Å². The second kappa shape index (κ2) is 5.05. The zero-order valence-electron chi connectivity index (χ0n) is 10.1. The van der Waals surface area contributed by atoms with Crippen molar-refractivity contribution in [2.24, 2.45) is 0 Å². The molecule has 1 aromatic carbocycles. The van der Waals surface area contributed by atoms with Gasteiger partial charge in [0.2, 0.25) is 5.89 Å². The Balaban J connectivity index is 2.45. The van der Waals surface area contributed by atoms with Crippen LogP contribution in [0.2, 0.25) is 0 Å². The molecule has 0 fully saturated rings. The topological polar surface area (TPSA) is 46.3 Å². The van der Waals surface area contributed by atoms with Crippen LogP contribution in [0.4, 0.5) is 13.2 Å². The molecule has 1 heterocycles. The van der Waals surface area contributed by atoms with Crippen LogP contribution in [0, 0.1) is 0 Å². The van der Waals surface area contributed by atoms with Gasteiger partial charge in [-0.05, 0) is 12.1 Å². The first-order chi connectivity index (χ1) is 8.93. The van der Waals surface area contributed by atoms with Crippen molar-refractivity contribution in [3.8, 4) is 11.5 Å². The van der Waals surface area contributed by atoms with E-state index < -0.39 is 11.7 Å². The number of alkyl halides is 3. The first kappa shape index (κ1) is 13.6. The quantitative estimate of drug-likeness (QED) is 0.929. The molecule has 0 aliphatic carbocycles. The van der Waals surface area contributed by atoms with Crippen LogP contribution in [0.15, 0.2) is 34.9 Å². The van der Waals surface area contributed by atoms with Crippen LogP contribution in [0.1, 0.15) is 24.1 Å². The summed E-state index contributed by atoms with van der Waals surface area (Å²) < 4.78 is 43.7. The molecule has 2 rings (SSSR count). The Morgan fingerprint density at radius 2 is 2.00 bits per heavy atom. The molecule has 0 amide bonds. The summed E-state index contributed by atoms with van der Waals surface area (Å²) in [6.07, 6.45) is -3.20. The number of hydrogen-bond acceptors (Lipinski definition) is 3. The average Bonchev–Trinajstić information content (AvgIpc) is 2.86. The van der Waals surface area contributed by atoms with Gasteiger partial charge in [-0.15, -0.1) is 0 Å². The van der Waals surface area contributed by atoms with Crippen LogP contribution in [0.25, 0.3) is 11.5 Å². The molecule has 0 aliphatic heterocycles. The maximum atomic E-state index is 12.9. The smallest absolute Gasteiger partial charge is 0.417 e. The van der Waals surface area contributed by atoms with Crippen molar-refractivity contribution in [2.75, 3.05) is 6.61 Å². The third-order valence-electron chi connectivity index (χ3n) is 2.76. The number of aromatic nitrogens is 1. The van der Waals surface area contributed by atoms with Crippen molar-refractivity contribution in [3.05, 3.63) is 41.8 Å². The average molecular weight is 271 g/mol. The molecule has 19 heavy (non-hydrogen) atoms. The summed E-state index contributed by atoms with van der Waals surface area (Å²) in [5.74, 6) is -0.376. The number of aliphatic hydroxyl groups excluding tert-OH is 1. The van der Waals surface area contributed by atoms with E-state index in [1.165, 1.54) is 24.5 Å². The van der Waals surface area contributed by atoms with Gasteiger partial charge in [-0.25, -0.2) is 4.98 Å². The fourth-order valence-corrected chi connectivity index (χ4v) is 1.65. The molecule has 0 aliphatic rings. The second-order valence-electron chi connectivity index (χ2n) is 4.20. The van der Waals surface area contributed by atoms with Gasteiger partial charge in [-0.3, -0.25) is 0 Å². The predicted molar refractivity (Wildman–Crippen MR) is 62.4 cm³/mol. The summed E-state index contributed by atoms with van der Waals surface area (Å²) in [6.45, 7) is 1.56. The minimum Gasteiger partial charge on any atom is -0.444 e. The summed E-state index contributed by atoms with van der Waals surface area (Å²) in [5.41, 5.74) is -0.471. The van der Waals surface area contributed by atoms with E-state index in [9.17, 15) is 13.2 Å². The molecule has 3 nitrogen and oxygen atoms in total. The minimum atomic E-state index is -4.46. The standard InChI is InChI=1S/C13H12F3NO2/c1-8(6-18)11-7-19-12(17-11)9-4-2-3-5-10(9)13(14,15)16/h2-5,7-8,18H,6H2,1H3. The summed E-state index contributed by atoms with van der Waals surface area (Å²) in [5, 5.41) is 8.99. The molecular formula is C13H12F3NO2. The Labute approximate surface area is 107 Å². The Bertz CT molecular complexity index is 563. The first-order valence-electron chi connectivity index (χ1n) is 5.66. The molecule has 0 saturated carbocycles. The van der Waals surface area contributed by atoms with Crippen molar-refractivity contribution >= 4 is 0 Å². The number of benzene rings is 1. The normalized spacial score (nSPS) is 13.5. The van der Waals surface area contributed by atoms with Crippen LogP contribution in [0.3, 0.4) is 0 Å². The Morgan fingerprint density at radius 1 is 1.32 bits per heavy atom. The van der Waals surface area contributed by atoms with E-state index in [4.69, 9.17) is 9.52 Å². The van der Waals surface area contributed by atoms with Gasteiger partial charge in [0.1, 0.15) is 6.26 Å². The highest BCUT2D eigenvalue weighted by Gasteiger charge is 2.34. The van der Waals surface area contributed by atoms with E-state index >= 15 is 0 Å². The van der Waals surface area contributed by atoms with Crippen LogP contribution >= 0.6 is 0 Å². The molecule has 1 unspecified atom stereocenters. The number of halogens is 3. The highest BCUT2D eigenvalue weighted by atomic mass is 19.4. The van der Waals surface area contributed by atoms with Gasteiger partial charge in [-0.2, -0.15) is 13.2 Å². The van der Waals surface area contributed by atoms with E-state index in [1.54, 1.807) is 6.92 Å². The zero-order chi connectivity index (χ0) is 14.0. The Kier molecular flexibility index (Phi) is 3.61. The number of nitrogens with zero attached hydrogens (tertiary/aromatic N) is 1. The second-order valence-corrected chi connectivity index (χ2v) is 4.20. The van der Waals surface area contributed by atoms with Gasteiger partial charge < -0.3 is 9.52 Å². The third kappa shape index (κ3) is 2.78. The van der Waals surface area contributed by atoms with Crippen LogP contribution in [-0.2, 0) is 6.18 Å².